The molecular formula is C19H16N6O. The summed E-state index contributed by atoms with van der Waals surface area (Å²) < 4.78 is 1.67. The Labute approximate surface area is 149 Å². The molecule has 0 aliphatic heterocycles. The molecular weight excluding hydrogens is 328 g/mol. The van der Waals surface area contributed by atoms with Gasteiger partial charge in [-0.2, -0.15) is 10.2 Å². The van der Waals surface area contributed by atoms with Crippen LogP contribution in [0, 0.1) is 6.92 Å². The molecule has 0 saturated carbocycles. The highest BCUT2D eigenvalue weighted by Crippen LogP contribution is 2.25. The Kier molecular flexibility index (Phi) is 4.03. The Bertz CT molecular complexity index is 1100. The summed E-state index contributed by atoms with van der Waals surface area (Å²) in [6.45, 7) is 1.96. The third kappa shape index (κ3) is 3.10. The summed E-state index contributed by atoms with van der Waals surface area (Å²) in [5, 5.41) is 20.5. The molecule has 2 N–H and O–H groups in total. The van der Waals surface area contributed by atoms with Crippen LogP contribution >= 0.6 is 0 Å². The van der Waals surface area contributed by atoms with E-state index in [1.807, 2.05) is 43.5 Å². The summed E-state index contributed by atoms with van der Waals surface area (Å²) in [5.41, 5.74) is 4.56. The van der Waals surface area contributed by atoms with Gasteiger partial charge < -0.3 is 5.11 Å². The van der Waals surface area contributed by atoms with E-state index in [-0.39, 0.29) is 5.75 Å². The summed E-state index contributed by atoms with van der Waals surface area (Å²) in [4.78, 5) is 8.35. The van der Waals surface area contributed by atoms with Crippen LogP contribution in [-0.4, -0.2) is 31.1 Å². The van der Waals surface area contributed by atoms with Crippen LogP contribution < -0.4 is 5.43 Å². The number of nitrogens with one attached hydrogen (secondary N) is 1. The van der Waals surface area contributed by atoms with Crippen LogP contribution in [0.4, 0.5) is 5.82 Å². The van der Waals surface area contributed by atoms with E-state index in [1.165, 1.54) is 6.33 Å². The molecule has 7 nitrogen and oxygen atoms in total. The molecule has 0 spiro atoms. The van der Waals surface area contributed by atoms with Gasteiger partial charge in [0.15, 0.2) is 11.6 Å². The van der Waals surface area contributed by atoms with E-state index in [1.54, 1.807) is 29.2 Å². The van der Waals surface area contributed by atoms with Crippen LogP contribution in [-0.2, 0) is 0 Å². The number of hydrogen-bond donors (Lipinski definition) is 2. The fourth-order valence-electron chi connectivity index (χ4n) is 2.65. The van der Waals surface area contributed by atoms with E-state index in [4.69, 9.17) is 0 Å². The molecule has 0 radical (unpaired) electrons. The molecule has 7 heteroatoms. The molecule has 4 rings (SSSR count). The Morgan fingerprint density at radius 2 is 2.04 bits per heavy atom. The monoisotopic (exact) mass is 344 g/mol. The zero-order valence-electron chi connectivity index (χ0n) is 14.0. The molecule has 2 aromatic heterocycles. The Balaban J connectivity index is 1.59. The van der Waals surface area contributed by atoms with Crippen molar-refractivity contribution in [3.05, 3.63) is 72.3 Å². The maximum Gasteiger partial charge on any atom is 0.158 e. The number of aromatic nitrogens is 4. The third-order valence-electron chi connectivity index (χ3n) is 3.92. The average Bonchev–Trinajstić information content (AvgIpc) is 3.10. The Morgan fingerprint density at radius 1 is 1.15 bits per heavy atom. The van der Waals surface area contributed by atoms with Gasteiger partial charge in [-0.05, 0) is 29.3 Å². The fourth-order valence-corrected chi connectivity index (χ4v) is 2.65. The highest BCUT2D eigenvalue weighted by atomic mass is 16.3. The predicted molar refractivity (Wildman–Crippen MR) is 101 cm³/mol. The van der Waals surface area contributed by atoms with Crippen LogP contribution in [0.15, 0.2) is 66.3 Å². The van der Waals surface area contributed by atoms with Crippen LogP contribution in [0.25, 0.3) is 16.6 Å². The van der Waals surface area contributed by atoms with Crippen molar-refractivity contribution in [3.63, 3.8) is 0 Å². The molecule has 0 unspecified atom stereocenters. The number of nitrogens with zero attached hydrogens (tertiary/aromatic N) is 5. The second kappa shape index (κ2) is 6.64. The molecule has 0 aliphatic carbocycles. The normalized spacial score (nSPS) is 11.3. The van der Waals surface area contributed by atoms with E-state index in [0.29, 0.717) is 17.2 Å². The number of rotatable bonds is 4. The lowest BCUT2D eigenvalue weighted by Gasteiger charge is -2.05. The fraction of sp³-hybridized carbons (Fsp3) is 0.0526. The van der Waals surface area contributed by atoms with Crippen LogP contribution in [0.5, 0.6) is 5.75 Å². The van der Waals surface area contributed by atoms with Crippen molar-refractivity contribution < 1.29 is 5.11 Å². The lowest BCUT2D eigenvalue weighted by atomic mass is 10.0. The van der Waals surface area contributed by atoms with Gasteiger partial charge in [-0.25, -0.2) is 14.6 Å². The molecule has 26 heavy (non-hydrogen) atoms. The number of aromatic hydroxyl groups is 1. The van der Waals surface area contributed by atoms with Crippen LogP contribution in [0.2, 0.25) is 0 Å². The minimum atomic E-state index is 0.171. The first-order valence-electron chi connectivity index (χ1n) is 8.04. The molecule has 0 fully saturated rings. The number of phenols is 1. The van der Waals surface area contributed by atoms with Crippen molar-refractivity contribution in [2.75, 3.05) is 5.43 Å². The van der Waals surface area contributed by atoms with E-state index >= 15 is 0 Å². The van der Waals surface area contributed by atoms with Gasteiger partial charge in [0.05, 0.1) is 12.4 Å². The quantitative estimate of drug-likeness (QED) is 0.438. The van der Waals surface area contributed by atoms with Gasteiger partial charge in [0.2, 0.25) is 0 Å². The number of aryl methyl sites for hydroxylation is 1. The van der Waals surface area contributed by atoms with E-state index < -0.39 is 0 Å². The van der Waals surface area contributed by atoms with Gasteiger partial charge in [-0.15, -0.1) is 0 Å². The molecule has 4 aromatic rings. The zero-order chi connectivity index (χ0) is 17.9. The van der Waals surface area contributed by atoms with E-state index in [2.05, 4.69) is 25.6 Å². The van der Waals surface area contributed by atoms with Gasteiger partial charge >= 0.3 is 0 Å². The predicted octanol–water partition coefficient (Wildman–Crippen LogP) is 3.28. The first-order chi connectivity index (χ1) is 12.7. The molecule has 0 amide bonds. The summed E-state index contributed by atoms with van der Waals surface area (Å²) in [5.74, 6) is 1.34. The van der Waals surface area contributed by atoms with Gasteiger partial charge in [0.25, 0.3) is 0 Å². The average molecular weight is 344 g/mol. The van der Waals surface area contributed by atoms with Gasteiger partial charge in [0, 0.05) is 17.8 Å². The van der Waals surface area contributed by atoms with Gasteiger partial charge in [0.1, 0.15) is 12.1 Å². The number of hydrazone groups is 1. The summed E-state index contributed by atoms with van der Waals surface area (Å²) in [6, 6.07) is 13.1. The first-order valence-corrected chi connectivity index (χ1v) is 8.04. The molecule has 0 atom stereocenters. The maximum absolute atomic E-state index is 10.1. The zero-order valence-corrected chi connectivity index (χ0v) is 14.0. The Hall–Kier alpha value is -3.74. The minimum absolute atomic E-state index is 0.171. The summed E-state index contributed by atoms with van der Waals surface area (Å²) in [7, 11) is 0. The third-order valence-corrected chi connectivity index (χ3v) is 3.92. The lowest BCUT2D eigenvalue weighted by Crippen LogP contribution is -2.01. The molecule has 2 aromatic carbocycles. The van der Waals surface area contributed by atoms with Gasteiger partial charge in [-0.1, -0.05) is 30.3 Å². The van der Waals surface area contributed by atoms with Crippen molar-refractivity contribution in [2.24, 2.45) is 5.10 Å². The number of hydrogen-bond acceptors (Lipinski definition) is 6. The first kappa shape index (κ1) is 15.8. The second-order valence-corrected chi connectivity index (χ2v) is 5.81. The van der Waals surface area contributed by atoms with Gasteiger partial charge in [-0.3, -0.25) is 5.43 Å². The highest BCUT2D eigenvalue weighted by molar-refractivity contribution is 6.02. The largest absolute Gasteiger partial charge is 0.507 e. The topological polar surface area (TPSA) is 88.2 Å². The van der Waals surface area contributed by atoms with Crippen molar-refractivity contribution in [1.29, 1.82) is 0 Å². The molecule has 0 saturated heterocycles. The number of fused-ring (bicyclic) bond motifs is 1. The SMILES string of the molecule is Cc1cnn(-c2cc(N/N=C/c3c(O)ccc4ccccc34)ncn2)c1. The van der Waals surface area contributed by atoms with Crippen molar-refractivity contribution in [1.82, 2.24) is 19.7 Å². The van der Waals surface area contributed by atoms with E-state index in [9.17, 15) is 5.11 Å². The van der Waals surface area contributed by atoms with Crippen LogP contribution in [0.1, 0.15) is 11.1 Å². The summed E-state index contributed by atoms with van der Waals surface area (Å²) in [6.07, 6.45) is 6.66. The highest BCUT2D eigenvalue weighted by Gasteiger charge is 2.05. The maximum atomic E-state index is 10.1. The van der Waals surface area contributed by atoms with E-state index in [0.717, 1.165) is 16.3 Å². The second-order valence-electron chi connectivity index (χ2n) is 5.81. The number of phenolic OH excluding ortho intramolecular Hbond substituents is 1. The summed E-state index contributed by atoms with van der Waals surface area (Å²) >= 11 is 0. The Morgan fingerprint density at radius 3 is 2.88 bits per heavy atom. The molecule has 0 bridgehead atoms. The molecule has 2 heterocycles. The van der Waals surface area contributed by atoms with Crippen molar-refractivity contribution in [2.45, 2.75) is 6.92 Å². The smallest absolute Gasteiger partial charge is 0.158 e. The lowest BCUT2D eigenvalue weighted by molar-refractivity contribution is 0.475. The molecule has 128 valence electrons. The number of benzene rings is 2. The van der Waals surface area contributed by atoms with Crippen LogP contribution in [0.3, 0.4) is 0 Å². The molecule has 0 aliphatic rings. The standard InChI is InChI=1S/C19H16N6O/c1-13-9-23-25(11-13)19-8-18(20-12-21-19)24-22-10-16-15-5-3-2-4-14(15)6-7-17(16)26/h2-12,26H,1H3,(H,20,21,24)/b22-10+. The van der Waals surface area contributed by atoms with Crippen molar-refractivity contribution >= 4 is 22.8 Å². The minimum Gasteiger partial charge on any atom is -0.507 e. The number of anilines is 1. The van der Waals surface area contributed by atoms with Crippen molar-refractivity contribution in [3.8, 4) is 11.6 Å².